The van der Waals surface area contributed by atoms with Crippen molar-refractivity contribution in [3.05, 3.63) is 0 Å². The number of amides is 1. The van der Waals surface area contributed by atoms with Crippen molar-refractivity contribution in [3.8, 4) is 0 Å². The SMILES string of the molecule is CC(C)CCC1C(=O)NS(=O)(=O)N1C.[Cs+].[H-]. The number of hydrogen-bond acceptors (Lipinski definition) is 3. The second-order valence-electron chi connectivity index (χ2n) is 3.97. The van der Waals surface area contributed by atoms with Crippen molar-refractivity contribution in [2.75, 3.05) is 7.05 Å². The van der Waals surface area contributed by atoms with Crippen LogP contribution in [0.25, 0.3) is 0 Å². The summed E-state index contributed by atoms with van der Waals surface area (Å²) in [5, 5.41) is 0. The molecule has 0 aliphatic carbocycles. The second kappa shape index (κ2) is 6.39. The van der Waals surface area contributed by atoms with Crippen LogP contribution in [-0.2, 0) is 15.0 Å². The smallest absolute Gasteiger partial charge is 1.00 e. The molecule has 5 nitrogen and oxygen atoms in total. The van der Waals surface area contributed by atoms with E-state index in [0.717, 1.165) is 10.7 Å². The van der Waals surface area contributed by atoms with Gasteiger partial charge in [-0.3, -0.25) is 4.79 Å². The summed E-state index contributed by atoms with van der Waals surface area (Å²) in [6.45, 7) is 4.09. The standard InChI is InChI=1S/C8H16N2O3S.Cs.H/c1-6(2)4-5-7-8(11)9-14(12,13)10(7)3;;/h6-7H,4-5H2,1-3H3,(H,9,11);;/q;+1;-1. The zero-order chi connectivity index (χ0) is 10.9. The van der Waals surface area contributed by atoms with Crippen LogP contribution >= 0.6 is 0 Å². The van der Waals surface area contributed by atoms with Crippen LogP contribution in [0, 0.1) is 5.92 Å². The van der Waals surface area contributed by atoms with Gasteiger partial charge in [0.25, 0.3) is 5.91 Å². The van der Waals surface area contributed by atoms with Gasteiger partial charge in [-0.05, 0) is 18.8 Å². The first-order valence-corrected chi connectivity index (χ1v) is 6.08. The van der Waals surface area contributed by atoms with Crippen molar-refractivity contribution in [3.63, 3.8) is 0 Å². The maximum Gasteiger partial charge on any atom is 1.00 e. The van der Waals surface area contributed by atoms with Gasteiger partial charge in [0.1, 0.15) is 6.04 Å². The number of likely N-dealkylation sites (N-methyl/N-ethyl adjacent to an activating group) is 1. The van der Waals surface area contributed by atoms with Crippen molar-refractivity contribution < 1.29 is 83.5 Å². The molecule has 7 heteroatoms. The number of carbonyl (C=O) groups is 1. The Hall–Kier alpha value is 1.43. The summed E-state index contributed by atoms with van der Waals surface area (Å²) >= 11 is 0. The number of nitrogens with zero attached hydrogens (tertiary/aromatic N) is 1. The normalized spacial score (nSPS) is 25.1. The molecule has 0 spiro atoms. The molecule has 0 bridgehead atoms. The minimum atomic E-state index is -3.54. The summed E-state index contributed by atoms with van der Waals surface area (Å²) in [5.41, 5.74) is 0. The van der Waals surface area contributed by atoms with Crippen LogP contribution in [-0.4, -0.2) is 31.7 Å². The molecule has 1 heterocycles. The van der Waals surface area contributed by atoms with E-state index in [2.05, 4.69) is 0 Å². The van der Waals surface area contributed by atoms with Crippen molar-refractivity contribution in [2.24, 2.45) is 5.92 Å². The van der Waals surface area contributed by atoms with Gasteiger partial charge in [0.05, 0.1) is 0 Å². The summed E-state index contributed by atoms with van der Waals surface area (Å²) < 4.78 is 25.5. The molecule has 1 atom stereocenters. The Bertz CT molecular complexity index is 334. The van der Waals surface area contributed by atoms with E-state index in [1.54, 1.807) is 0 Å². The molecule has 0 saturated carbocycles. The first kappa shape index (κ1) is 16.4. The zero-order valence-electron chi connectivity index (χ0n) is 10.6. The quantitative estimate of drug-likeness (QED) is 0.596. The predicted octanol–water partition coefficient (Wildman–Crippen LogP) is -2.79. The summed E-state index contributed by atoms with van der Waals surface area (Å²) in [4.78, 5) is 11.3. The van der Waals surface area contributed by atoms with E-state index in [9.17, 15) is 13.2 Å². The fourth-order valence-corrected chi connectivity index (χ4v) is 2.47. The van der Waals surface area contributed by atoms with Crippen molar-refractivity contribution >= 4 is 16.1 Å². The van der Waals surface area contributed by atoms with Crippen LogP contribution in [0.4, 0.5) is 0 Å². The first-order chi connectivity index (χ1) is 6.34. The van der Waals surface area contributed by atoms with E-state index in [-0.39, 0.29) is 70.3 Å². The summed E-state index contributed by atoms with van der Waals surface area (Å²) in [6, 6.07) is -0.526. The third-order valence-corrected chi connectivity index (χ3v) is 3.84. The molecule has 0 aromatic carbocycles. The van der Waals surface area contributed by atoms with Gasteiger partial charge in [0.2, 0.25) is 0 Å². The van der Waals surface area contributed by atoms with Crippen LogP contribution in [0.3, 0.4) is 0 Å². The molecule has 1 aliphatic rings. The second-order valence-corrected chi connectivity index (χ2v) is 5.70. The van der Waals surface area contributed by atoms with Gasteiger partial charge in [0, 0.05) is 7.05 Å². The Labute approximate surface area is 151 Å². The van der Waals surface area contributed by atoms with E-state index >= 15 is 0 Å². The number of nitrogens with one attached hydrogen (secondary N) is 1. The van der Waals surface area contributed by atoms with E-state index in [1.807, 2.05) is 18.6 Å². The Morgan fingerprint density at radius 3 is 2.40 bits per heavy atom. The molecule has 1 amide bonds. The molecule has 1 aliphatic heterocycles. The van der Waals surface area contributed by atoms with Crippen LogP contribution in [0.2, 0.25) is 0 Å². The van der Waals surface area contributed by atoms with Crippen LogP contribution in [0.15, 0.2) is 0 Å². The van der Waals surface area contributed by atoms with Crippen molar-refractivity contribution in [2.45, 2.75) is 32.7 Å². The average Bonchev–Trinajstić information content (AvgIpc) is 2.19. The van der Waals surface area contributed by atoms with Crippen molar-refractivity contribution in [1.29, 1.82) is 0 Å². The van der Waals surface area contributed by atoms with Crippen LogP contribution in [0.5, 0.6) is 0 Å². The monoisotopic (exact) mass is 354 g/mol. The maximum absolute atomic E-state index is 11.3. The molecular formula is C8H17CsN2O3S. The summed E-state index contributed by atoms with van der Waals surface area (Å²) in [6.07, 6.45) is 1.43. The Balaban J connectivity index is 0. The van der Waals surface area contributed by atoms with Gasteiger partial charge in [-0.15, -0.1) is 0 Å². The van der Waals surface area contributed by atoms with Gasteiger partial charge < -0.3 is 1.43 Å². The Morgan fingerprint density at radius 2 is 2.07 bits per heavy atom. The number of rotatable bonds is 3. The fraction of sp³-hybridized carbons (Fsp3) is 0.875. The molecule has 1 fully saturated rings. The van der Waals surface area contributed by atoms with Crippen molar-refractivity contribution in [1.82, 2.24) is 9.03 Å². The summed E-state index contributed by atoms with van der Waals surface area (Å²) in [5.74, 6) is 0.0626. The van der Waals surface area contributed by atoms with Crippen LogP contribution < -0.4 is 73.6 Å². The average molecular weight is 354 g/mol. The van der Waals surface area contributed by atoms with Crippen LogP contribution in [0.1, 0.15) is 28.1 Å². The van der Waals surface area contributed by atoms with Gasteiger partial charge in [-0.2, -0.15) is 12.7 Å². The van der Waals surface area contributed by atoms with E-state index in [1.165, 1.54) is 7.05 Å². The molecule has 0 aromatic rings. The molecule has 15 heavy (non-hydrogen) atoms. The number of carbonyl (C=O) groups excluding carboxylic acids is 1. The topological polar surface area (TPSA) is 66.5 Å². The molecule has 1 N–H and O–H groups in total. The Kier molecular flexibility index (Phi) is 7.00. The molecule has 0 radical (unpaired) electrons. The molecule has 1 unspecified atom stereocenters. The van der Waals surface area contributed by atoms with E-state index in [4.69, 9.17) is 0 Å². The van der Waals surface area contributed by atoms with Gasteiger partial charge in [-0.1, -0.05) is 13.8 Å². The predicted molar refractivity (Wildman–Crippen MR) is 53.8 cm³/mol. The van der Waals surface area contributed by atoms with Gasteiger partial charge in [0.15, 0.2) is 0 Å². The third-order valence-electron chi connectivity index (χ3n) is 2.37. The minimum Gasteiger partial charge on any atom is -1.00 e. The fourth-order valence-electron chi connectivity index (χ4n) is 1.40. The van der Waals surface area contributed by atoms with E-state index < -0.39 is 22.2 Å². The molecule has 84 valence electrons. The third kappa shape index (κ3) is 4.30. The molecular weight excluding hydrogens is 337 g/mol. The Morgan fingerprint density at radius 1 is 1.53 bits per heavy atom. The summed E-state index contributed by atoms with van der Waals surface area (Å²) in [7, 11) is -2.11. The van der Waals surface area contributed by atoms with Gasteiger partial charge in [-0.25, -0.2) is 4.72 Å². The first-order valence-electron chi connectivity index (χ1n) is 4.64. The molecule has 1 saturated heterocycles. The maximum atomic E-state index is 11.3. The minimum absolute atomic E-state index is 0. The largest absolute Gasteiger partial charge is 1.00 e. The van der Waals surface area contributed by atoms with E-state index in [0.29, 0.717) is 12.3 Å². The molecule has 1 rings (SSSR count). The zero-order valence-corrected chi connectivity index (χ0v) is 16.7. The van der Waals surface area contributed by atoms with Gasteiger partial charge >= 0.3 is 79.1 Å². The number of hydrogen-bond donors (Lipinski definition) is 1. The molecule has 0 aromatic heterocycles.